The van der Waals surface area contributed by atoms with Gasteiger partial charge in [-0.1, -0.05) is 0 Å². The molecule has 14 heavy (non-hydrogen) atoms. The summed E-state index contributed by atoms with van der Waals surface area (Å²) in [6.45, 7) is 4.44. The van der Waals surface area contributed by atoms with Crippen molar-refractivity contribution in [1.82, 2.24) is 10.2 Å². The van der Waals surface area contributed by atoms with Crippen molar-refractivity contribution in [3.63, 3.8) is 0 Å². The van der Waals surface area contributed by atoms with Gasteiger partial charge >= 0.3 is 0 Å². The summed E-state index contributed by atoms with van der Waals surface area (Å²) in [6.07, 6.45) is 0.843. The van der Waals surface area contributed by atoms with Crippen LogP contribution in [0.3, 0.4) is 0 Å². The van der Waals surface area contributed by atoms with Gasteiger partial charge in [-0.05, 0) is 20.4 Å². The molecule has 0 saturated carbocycles. The van der Waals surface area contributed by atoms with Gasteiger partial charge < -0.3 is 20.1 Å². The Morgan fingerprint density at radius 2 is 2.21 bits per heavy atom. The Kier molecular flexibility index (Phi) is 3.07. The Bertz CT molecular complexity index is 191. The highest BCUT2D eigenvalue weighted by Gasteiger charge is 2.32. The SMILES string of the molecule is CC1CC(N[C@@H]2COC[C@H]2O)CN1C. The molecular formula is C10H20N2O2. The lowest BCUT2D eigenvalue weighted by Gasteiger charge is -2.19. The summed E-state index contributed by atoms with van der Waals surface area (Å²) in [5, 5.41) is 13.1. The van der Waals surface area contributed by atoms with Crippen LogP contribution in [0.25, 0.3) is 0 Å². The van der Waals surface area contributed by atoms with Crippen molar-refractivity contribution < 1.29 is 9.84 Å². The van der Waals surface area contributed by atoms with E-state index in [9.17, 15) is 5.11 Å². The molecular weight excluding hydrogens is 180 g/mol. The molecule has 2 N–H and O–H groups in total. The van der Waals surface area contributed by atoms with E-state index < -0.39 is 0 Å². The van der Waals surface area contributed by atoms with Crippen molar-refractivity contribution in [2.24, 2.45) is 0 Å². The van der Waals surface area contributed by atoms with Gasteiger partial charge in [-0.15, -0.1) is 0 Å². The van der Waals surface area contributed by atoms with Gasteiger partial charge in [-0.2, -0.15) is 0 Å². The first kappa shape index (κ1) is 10.4. The first-order chi connectivity index (χ1) is 6.66. The second kappa shape index (κ2) is 4.14. The summed E-state index contributed by atoms with van der Waals surface area (Å²) in [4.78, 5) is 2.35. The molecule has 0 aromatic carbocycles. The lowest BCUT2D eigenvalue weighted by atomic mass is 10.1. The van der Waals surface area contributed by atoms with Crippen LogP contribution in [-0.2, 0) is 4.74 Å². The van der Waals surface area contributed by atoms with Crippen molar-refractivity contribution in [3.05, 3.63) is 0 Å². The van der Waals surface area contributed by atoms with Crippen LogP contribution in [0.4, 0.5) is 0 Å². The molecule has 4 nitrogen and oxygen atoms in total. The first-order valence-corrected chi connectivity index (χ1v) is 5.39. The summed E-state index contributed by atoms with van der Waals surface area (Å²) >= 11 is 0. The second-order valence-electron chi connectivity index (χ2n) is 4.60. The number of rotatable bonds is 2. The smallest absolute Gasteiger partial charge is 0.0948 e. The monoisotopic (exact) mass is 200 g/mol. The molecule has 0 aromatic rings. The minimum absolute atomic E-state index is 0.138. The lowest BCUT2D eigenvalue weighted by molar-refractivity contribution is 0.121. The van der Waals surface area contributed by atoms with E-state index in [1.165, 1.54) is 6.42 Å². The second-order valence-corrected chi connectivity index (χ2v) is 4.60. The number of aliphatic hydroxyl groups excluding tert-OH is 1. The largest absolute Gasteiger partial charge is 0.389 e. The van der Waals surface area contributed by atoms with Gasteiger partial charge in [0.05, 0.1) is 25.4 Å². The number of ether oxygens (including phenoxy) is 1. The van der Waals surface area contributed by atoms with E-state index in [1.807, 2.05) is 0 Å². The summed E-state index contributed by atoms with van der Waals surface area (Å²) in [5.74, 6) is 0. The zero-order valence-electron chi connectivity index (χ0n) is 8.94. The lowest BCUT2D eigenvalue weighted by Crippen LogP contribution is -2.45. The molecule has 2 aliphatic rings. The number of aliphatic hydroxyl groups is 1. The van der Waals surface area contributed by atoms with Crippen LogP contribution in [0.15, 0.2) is 0 Å². The van der Waals surface area contributed by atoms with Crippen molar-refractivity contribution in [2.75, 3.05) is 26.8 Å². The standard InChI is InChI=1S/C10H20N2O2/c1-7-3-8(4-12(7)2)11-9-5-14-6-10(9)13/h7-11,13H,3-6H2,1-2H3/t7?,8?,9-,10-/m1/s1. The van der Waals surface area contributed by atoms with Gasteiger partial charge in [-0.3, -0.25) is 0 Å². The maximum absolute atomic E-state index is 9.58. The van der Waals surface area contributed by atoms with Gasteiger partial charge in [0.25, 0.3) is 0 Å². The summed E-state index contributed by atoms with van der Waals surface area (Å²) in [5.41, 5.74) is 0. The average molecular weight is 200 g/mol. The number of nitrogens with zero attached hydrogens (tertiary/aromatic N) is 1. The van der Waals surface area contributed by atoms with Crippen molar-refractivity contribution in [2.45, 2.75) is 37.6 Å². The molecule has 2 unspecified atom stereocenters. The third kappa shape index (κ3) is 2.08. The first-order valence-electron chi connectivity index (χ1n) is 5.39. The molecule has 0 amide bonds. The van der Waals surface area contributed by atoms with Crippen LogP contribution in [0.5, 0.6) is 0 Å². The average Bonchev–Trinajstić information content (AvgIpc) is 2.63. The van der Waals surface area contributed by atoms with Gasteiger partial charge in [0.15, 0.2) is 0 Å². The number of hydrogen-bond donors (Lipinski definition) is 2. The Hall–Kier alpha value is -0.160. The molecule has 0 aromatic heterocycles. The third-order valence-electron chi connectivity index (χ3n) is 3.39. The van der Waals surface area contributed by atoms with Crippen LogP contribution in [-0.4, -0.2) is 61.0 Å². The fourth-order valence-corrected chi connectivity index (χ4v) is 2.32. The Labute approximate surface area is 85.2 Å². The van der Waals surface area contributed by atoms with Gasteiger partial charge in [0.1, 0.15) is 0 Å². The predicted molar refractivity (Wildman–Crippen MR) is 54.2 cm³/mol. The van der Waals surface area contributed by atoms with Crippen molar-refractivity contribution >= 4 is 0 Å². The highest BCUT2D eigenvalue weighted by atomic mass is 16.5. The molecule has 4 heteroatoms. The van der Waals surface area contributed by atoms with Crippen molar-refractivity contribution in [3.8, 4) is 0 Å². The summed E-state index contributed by atoms with van der Waals surface area (Å²) < 4.78 is 5.21. The number of hydrogen-bond acceptors (Lipinski definition) is 4. The van der Waals surface area contributed by atoms with Crippen LogP contribution in [0.1, 0.15) is 13.3 Å². The van der Waals surface area contributed by atoms with E-state index >= 15 is 0 Å². The fraction of sp³-hybridized carbons (Fsp3) is 1.00. The van der Waals surface area contributed by atoms with E-state index in [-0.39, 0.29) is 12.1 Å². The van der Waals surface area contributed by atoms with Gasteiger partial charge in [-0.25, -0.2) is 0 Å². The van der Waals surface area contributed by atoms with Crippen molar-refractivity contribution in [1.29, 1.82) is 0 Å². The van der Waals surface area contributed by atoms with E-state index in [4.69, 9.17) is 4.74 Å². The molecule has 2 aliphatic heterocycles. The van der Waals surface area contributed by atoms with Crippen LogP contribution >= 0.6 is 0 Å². The van der Waals surface area contributed by atoms with Gasteiger partial charge in [0, 0.05) is 18.6 Å². The van der Waals surface area contributed by atoms with Crippen LogP contribution in [0.2, 0.25) is 0 Å². The van der Waals surface area contributed by atoms with Crippen LogP contribution < -0.4 is 5.32 Å². The minimum atomic E-state index is -0.323. The molecule has 0 spiro atoms. The maximum atomic E-state index is 9.58. The highest BCUT2D eigenvalue weighted by Crippen LogP contribution is 2.17. The van der Waals surface area contributed by atoms with Gasteiger partial charge in [0.2, 0.25) is 0 Å². The molecule has 0 bridgehead atoms. The molecule has 2 fully saturated rings. The quantitative estimate of drug-likeness (QED) is 0.626. The van der Waals surface area contributed by atoms with E-state index in [1.54, 1.807) is 0 Å². The maximum Gasteiger partial charge on any atom is 0.0948 e. The molecule has 4 atom stereocenters. The number of likely N-dealkylation sites (N-methyl/N-ethyl adjacent to an activating group) is 1. The highest BCUT2D eigenvalue weighted by molar-refractivity contribution is 4.90. The molecule has 2 heterocycles. The molecule has 0 aliphatic carbocycles. The fourth-order valence-electron chi connectivity index (χ4n) is 2.32. The van der Waals surface area contributed by atoms with E-state index in [0.29, 0.717) is 25.3 Å². The molecule has 0 radical (unpaired) electrons. The third-order valence-corrected chi connectivity index (χ3v) is 3.39. The van der Waals surface area contributed by atoms with E-state index in [2.05, 4.69) is 24.2 Å². The summed E-state index contributed by atoms with van der Waals surface area (Å²) in [7, 11) is 2.15. The Morgan fingerprint density at radius 1 is 1.43 bits per heavy atom. The predicted octanol–water partition coefficient (Wildman–Crippen LogP) is -0.572. The number of nitrogens with one attached hydrogen (secondary N) is 1. The van der Waals surface area contributed by atoms with E-state index in [0.717, 1.165) is 6.54 Å². The zero-order valence-corrected chi connectivity index (χ0v) is 8.94. The molecule has 2 saturated heterocycles. The topological polar surface area (TPSA) is 44.7 Å². The zero-order chi connectivity index (χ0) is 10.1. The van der Waals surface area contributed by atoms with Crippen LogP contribution in [0, 0.1) is 0 Å². The Balaban J connectivity index is 1.81. The minimum Gasteiger partial charge on any atom is -0.389 e. The summed E-state index contributed by atoms with van der Waals surface area (Å²) in [6, 6.07) is 1.29. The number of likely N-dealkylation sites (tertiary alicyclic amines) is 1. The normalized spacial score (nSPS) is 44.8. The molecule has 82 valence electrons. The molecule has 2 rings (SSSR count). The Morgan fingerprint density at radius 3 is 2.71 bits per heavy atom.